The summed E-state index contributed by atoms with van der Waals surface area (Å²) in [6, 6.07) is 34.7. The zero-order valence-electron chi connectivity index (χ0n) is 25.0. The number of pyridine rings is 3. The Hall–Kier alpha value is -4.18. The maximum Gasteiger partial charge on any atom is 0.130 e. The number of aromatic nitrogens is 3. The number of benzene rings is 3. The van der Waals surface area contributed by atoms with E-state index in [2.05, 4.69) is 80.1 Å². The number of rotatable bonds is 3. The molecule has 0 N–H and O–H groups in total. The largest absolute Gasteiger partial charge is 0.500 e. The van der Waals surface area contributed by atoms with Crippen LogP contribution in [0.5, 0.6) is 0 Å². The van der Waals surface area contributed by atoms with E-state index in [-0.39, 0.29) is 25.5 Å². The van der Waals surface area contributed by atoms with E-state index in [4.69, 9.17) is 9.40 Å². The first-order chi connectivity index (χ1) is 20.3. The Balaban J connectivity index is 0.000000238. The predicted octanol–water partition coefficient (Wildman–Crippen LogP) is 9.75. The fraction of sp³-hybridized carbons (Fsp3) is 0.184. The Morgan fingerprint density at radius 1 is 0.744 bits per heavy atom. The molecule has 0 aliphatic carbocycles. The third kappa shape index (κ3) is 6.59. The summed E-state index contributed by atoms with van der Waals surface area (Å²) in [5.41, 5.74) is 10.2. The average molecular weight is 740 g/mol. The molecule has 5 heteroatoms. The van der Waals surface area contributed by atoms with Crippen molar-refractivity contribution in [2.75, 3.05) is 0 Å². The molecule has 7 rings (SSSR count). The van der Waals surface area contributed by atoms with Gasteiger partial charge in [0.1, 0.15) is 5.58 Å². The number of hydrogen-bond donors (Lipinski definition) is 0. The second kappa shape index (κ2) is 12.6. The van der Waals surface area contributed by atoms with Crippen molar-refractivity contribution >= 4 is 32.8 Å². The third-order valence-corrected chi connectivity index (χ3v) is 7.25. The minimum absolute atomic E-state index is 0. The van der Waals surface area contributed by atoms with E-state index in [0.29, 0.717) is 0 Å². The Kier molecular flexibility index (Phi) is 8.87. The first-order valence-electron chi connectivity index (χ1n) is 14.2. The standard InChI is InChI=1S/C27H25N2O.C11H8N.Ir/c1-16-15-28-24(13-18(16)14-27(3,4)5)21-8-6-7-19-20-11-12-23-22(10-9-17(2)29-23)26(20)30-25(19)21;1-2-6-10(7-3-1)11-8-4-5-9-12-11;/h6-7,9-13,15H,14H2,1-5H3;1-6,8-9H;/q2*-1;. The van der Waals surface area contributed by atoms with Crippen LogP contribution in [0, 0.1) is 31.4 Å². The van der Waals surface area contributed by atoms with Crippen LogP contribution in [0.1, 0.15) is 37.6 Å². The quantitative estimate of drug-likeness (QED) is 0.170. The molecule has 0 atom stereocenters. The van der Waals surface area contributed by atoms with E-state index in [9.17, 15) is 0 Å². The van der Waals surface area contributed by atoms with Gasteiger partial charge in [0, 0.05) is 49.0 Å². The summed E-state index contributed by atoms with van der Waals surface area (Å²) >= 11 is 0. The Morgan fingerprint density at radius 3 is 2.28 bits per heavy atom. The first kappa shape index (κ1) is 30.3. The topological polar surface area (TPSA) is 51.8 Å². The van der Waals surface area contributed by atoms with Crippen molar-refractivity contribution in [3.63, 3.8) is 0 Å². The summed E-state index contributed by atoms with van der Waals surface area (Å²) in [5, 5.41) is 3.21. The smallest absolute Gasteiger partial charge is 0.130 e. The van der Waals surface area contributed by atoms with Gasteiger partial charge >= 0.3 is 0 Å². The Bertz CT molecular complexity index is 1970. The molecule has 0 unspecified atom stereocenters. The summed E-state index contributed by atoms with van der Waals surface area (Å²) in [4.78, 5) is 13.6. The minimum Gasteiger partial charge on any atom is -0.500 e. The van der Waals surface area contributed by atoms with Crippen LogP contribution in [-0.4, -0.2) is 15.0 Å². The summed E-state index contributed by atoms with van der Waals surface area (Å²) in [5.74, 6) is 0. The Labute approximate surface area is 266 Å². The molecule has 0 fully saturated rings. The van der Waals surface area contributed by atoms with Crippen molar-refractivity contribution in [3.8, 4) is 22.5 Å². The summed E-state index contributed by atoms with van der Waals surface area (Å²) in [7, 11) is 0. The van der Waals surface area contributed by atoms with Gasteiger partial charge in [0.2, 0.25) is 0 Å². The van der Waals surface area contributed by atoms with E-state index >= 15 is 0 Å². The zero-order chi connectivity index (χ0) is 29.3. The number of nitrogens with zero attached hydrogens (tertiary/aromatic N) is 3. The van der Waals surface area contributed by atoms with Crippen molar-refractivity contribution in [2.24, 2.45) is 5.41 Å². The second-order valence-corrected chi connectivity index (χ2v) is 11.9. The molecule has 0 saturated heterocycles. The van der Waals surface area contributed by atoms with E-state index in [1.807, 2.05) is 67.7 Å². The molecule has 0 amide bonds. The molecule has 7 aromatic rings. The van der Waals surface area contributed by atoms with Gasteiger partial charge in [-0.15, -0.1) is 54.1 Å². The van der Waals surface area contributed by atoms with Crippen LogP contribution in [-0.2, 0) is 26.5 Å². The van der Waals surface area contributed by atoms with Crippen LogP contribution in [0.4, 0.5) is 0 Å². The van der Waals surface area contributed by atoms with Gasteiger partial charge in [0.05, 0.1) is 11.1 Å². The number of aryl methyl sites for hydroxylation is 2. The fourth-order valence-electron chi connectivity index (χ4n) is 5.23. The minimum atomic E-state index is 0. The van der Waals surface area contributed by atoms with E-state index in [1.54, 1.807) is 6.20 Å². The van der Waals surface area contributed by atoms with Crippen LogP contribution in [0.15, 0.2) is 102 Å². The zero-order valence-corrected chi connectivity index (χ0v) is 27.4. The number of furan rings is 1. The van der Waals surface area contributed by atoms with Gasteiger partial charge in [-0.25, -0.2) is 0 Å². The molecule has 4 heterocycles. The molecule has 0 aliphatic rings. The van der Waals surface area contributed by atoms with Gasteiger partial charge in [0.25, 0.3) is 0 Å². The van der Waals surface area contributed by atoms with Crippen molar-refractivity contribution in [1.29, 1.82) is 0 Å². The first-order valence-corrected chi connectivity index (χ1v) is 14.2. The van der Waals surface area contributed by atoms with Crippen molar-refractivity contribution in [2.45, 2.75) is 41.0 Å². The van der Waals surface area contributed by atoms with Crippen molar-refractivity contribution in [1.82, 2.24) is 15.0 Å². The monoisotopic (exact) mass is 740 g/mol. The average Bonchev–Trinajstić information content (AvgIpc) is 3.38. The molecule has 4 nitrogen and oxygen atoms in total. The Morgan fingerprint density at radius 2 is 1.53 bits per heavy atom. The van der Waals surface area contributed by atoms with Crippen molar-refractivity contribution in [3.05, 3.63) is 126 Å². The molecule has 0 saturated carbocycles. The molecular formula is C38H33IrN3O-2. The fourth-order valence-corrected chi connectivity index (χ4v) is 5.23. The van der Waals surface area contributed by atoms with Gasteiger partial charge in [-0.1, -0.05) is 55.5 Å². The SMILES string of the molecule is Cc1ccc2c(ccc3c4cc[c-]c(-c5cc(CC(C)(C)C)c(C)cn5)c4oc23)n1.[Ir].[c-]1ccccc1-c1ccccn1. The summed E-state index contributed by atoms with van der Waals surface area (Å²) in [6.45, 7) is 10.9. The predicted molar refractivity (Wildman–Crippen MR) is 172 cm³/mol. The van der Waals surface area contributed by atoms with Crippen molar-refractivity contribution < 1.29 is 24.5 Å². The van der Waals surface area contributed by atoms with Gasteiger partial charge in [-0.05, 0) is 73.0 Å². The maximum atomic E-state index is 6.45. The number of hydrogen-bond acceptors (Lipinski definition) is 4. The van der Waals surface area contributed by atoms with Crippen LogP contribution in [0.3, 0.4) is 0 Å². The normalized spacial score (nSPS) is 11.3. The molecular weight excluding hydrogens is 707 g/mol. The maximum absolute atomic E-state index is 6.45. The second-order valence-electron chi connectivity index (χ2n) is 11.9. The molecule has 3 aromatic carbocycles. The molecule has 4 aromatic heterocycles. The molecule has 43 heavy (non-hydrogen) atoms. The van der Waals surface area contributed by atoms with Gasteiger partial charge < -0.3 is 14.4 Å². The summed E-state index contributed by atoms with van der Waals surface area (Å²) in [6.07, 6.45) is 4.75. The third-order valence-electron chi connectivity index (χ3n) is 7.25. The van der Waals surface area contributed by atoms with Crippen LogP contribution >= 0.6 is 0 Å². The molecule has 1 radical (unpaired) electrons. The molecule has 0 spiro atoms. The molecule has 0 aliphatic heterocycles. The van der Waals surface area contributed by atoms with Gasteiger partial charge in [-0.2, -0.15) is 0 Å². The number of fused-ring (bicyclic) bond motifs is 5. The van der Waals surface area contributed by atoms with Crippen LogP contribution in [0.25, 0.3) is 55.4 Å². The molecule has 0 bridgehead atoms. The van der Waals surface area contributed by atoms with Gasteiger partial charge in [0.15, 0.2) is 0 Å². The van der Waals surface area contributed by atoms with Gasteiger partial charge in [-0.3, -0.25) is 4.98 Å². The van der Waals surface area contributed by atoms with Crippen LogP contribution < -0.4 is 0 Å². The van der Waals surface area contributed by atoms with E-state index in [1.165, 1.54) is 11.1 Å². The van der Waals surface area contributed by atoms with Crippen LogP contribution in [0.2, 0.25) is 0 Å². The van der Waals surface area contributed by atoms with E-state index < -0.39 is 0 Å². The van der Waals surface area contributed by atoms with E-state index in [0.717, 1.165) is 67.5 Å². The summed E-state index contributed by atoms with van der Waals surface area (Å²) < 4.78 is 6.45. The molecule has 217 valence electrons.